The van der Waals surface area contributed by atoms with Crippen LogP contribution in [0.15, 0.2) is 24.3 Å². The Morgan fingerprint density at radius 2 is 1.65 bits per heavy atom. The molecule has 0 aliphatic heterocycles. The molecule has 1 rings (SSSR count). The molecule has 1 unspecified atom stereocenters. The fraction of sp³-hybridized carbons (Fsp3) is 0.647. The maximum atomic E-state index is 9.45. The molecular formula is C17H30N2O. The Hall–Kier alpha value is -1.06. The number of aromatic hydroxyl groups is 1. The summed E-state index contributed by atoms with van der Waals surface area (Å²) in [6.45, 7) is 10.0. The summed E-state index contributed by atoms with van der Waals surface area (Å²) >= 11 is 0. The van der Waals surface area contributed by atoms with Crippen LogP contribution in [-0.2, 0) is 0 Å². The second-order valence-electron chi connectivity index (χ2n) is 6.21. The molecule has 0 saturated carbocycles. The maximum Gasteiger partial charge on any atom is 0.115 e. The molecule has 0 amide bonds. The van der Waals surface area contributed by atoms with E-state index >= 15 is 0 Å². The van der Waals surface area contributed by atoms with Crippen LogP contribution in [0.25, 0.3) is 0 Å². The topological polar surface area (TPSA) is 26.7 Å². The van der Waals surface area contributed by atoms with Crippen LogP contribution >= 0.6 is 0 Å². The highest BCUT2D eigenvalue weighted by molar-refractivity contribution is 5.28. The van der Waals surface area contributed by atoms with Crippen LogP contribution in [0.4, 0.5) is 0 Å². The lowest BCUT2D eigenvalue weighted by Gasteiger charge is -2.33. The van der Waals surface area contributed by atoms with Gasteiger partial charge in [-0.15, -0.1) is 0 Å². The van der Waals surface area contributed by atoms with Crippen molar-refractivity contribution in [2.75, 3.05) is 33.7 Å². The van der Waals surface area contributed by atoms with Crippen molar-refractivity contribution < 1.29 is 5.11 Å². The van der Waals surface area contributed by atoms with Crippen molar-refractivity contribution in [2.24, 2.45) is 5.92 Å². The van der Waals surface area contributed by atoms with E-state index in [1.807, 2.05) is 12.1 Å². The Morgan fingerprint density at radius 3 is 2.10 bits per heavy atom. The van der Waals surface area contributed by atoms with Crippen molar-refractivity contribution in [3.63, 3.8) is 0 Å². The molecule has 0 spiro atoms. The molecule has 1 N–H and O–H groups in total. The van der Waals surface area contributed by atoms with Gasteiger partial charge in [0.15, 0.2) is 0 Å². The first-order chi connectivity index (χ1) is 9.43. The van der Waals surface area contributed by atoms with E-state index in [9.17, 15) is 5.11 Å². The summed E-state index contributed by atoms with van der Waals surface area (Å²) in [6.07, 6.45) is 1.09. The van der Waals surface area contributed by atoms with E-state index in [2.05, 4.69) is 44.7 Å². The van der Waals surface area contributed by atoms with E-state index in [-0.39, 0.29) is 0 Å². The highest BCUT2D eigenvalue weighted by atomic mass is 16.3. The summed E-state index contributed by atoms with van der Waals surface area (Å²) in [7, 11) is 4.24. The maximum absolute atomic E-state index is 9.45. The quantitative estimate of drug-likeness (QED) is 0.790. The van der Waals surface area contributed by atoms with E-state index in [0.29, 0.717) is 17.7 Å². The summed E-state index contributed by atoms with van der Waals surface area (Å²) in [5.41, 5.74) is 1.30. The van der Waals surface area contributed by atoms with Crippen molar-refractivity contribution in [3.05, 3.63) is 29.8 Å². The van der Waals surface area contributed by atoms with Crippen LogP contribution in [-0.4, -0.2) is 48.6 Å². The predicted molar refractivity (Wildman–Crippen MR) is 86.1 cm³/mol. The van der Waals surface area contributed by atoms with Crippen molar-refractivity contribution in [2.45, 2.75) is 33.2 Å². The van der Waals surface area contributed by atoms with Crippen LogP contribution in [0.2, 0.25) is 0 Å². The molecule has 0 heterocycles. The number of hydrogen-bond donors (Lipinski definition) is 1. The van der Waals surface area contributed by atoms with Gasteiger partial charge < -0.3 is 10.0 Å². The van der Waals surface area contributed by atoms with Gasteiger partial charge in [-0.1, -0.05) is 32.9 Å². The number of hydrogen-bond acceptors (Lipinski definition) is 3. The first-order valence-electron chi connectivity index (χ1n) is 7.61. The van der Waals surface area contributed by atoms with Gasteiger partial charge in [0.1, 0.15) is 5.75 Å². The number of likely N-dealkylation sites (N-methyl/N-ethyl adjacent to an activating group) is 1. The van der Waals surface area contributed by atoms with Crippen molar-refractivity contribution in [1.82, 2.24) is 9.80 Å². The predicted octanol–water partition coefficient (Wildman–Crippen LogP) is 3.36. The van der Waals surface area contributed by atoms with Gasteiger partial charge in [-0.3, -0.25) is 4.90 Å². The third kappa shape index (κ3) is 5.51. The molecule has 0 radical (unpaired) electrons. The molecule has 1 aromatic rings. The summed E-state index contributed by atoms with van der Waals surface area (Å²) < 4.78 is 0. The molecule has 1 atom stereocenters. The van der Waals surface area contributed by atoms with Crippen LogP contribution in [0.3, 0.4) is 0 Å². The highest BCUT2D eigenvalue weighted by Gasteiger charge is 2.19. The minimum atomic E-state index is 0.340. The van der Waals surface area contributed by atoms with Gasteiger partial charge in [-0.05, 0) is 44.1 Å². The molecule has 3 heteroatoms. The number of phenols is 1. The minimum absolute atomic E-state index is 0.340. The molecule has 0 aromatic heterocycles. The van der Waals surface area contributed by atoms with Crippen molar-refractivity contribution in [1.29, 1.82) is 0 Å². The average Bonchev–Trinajstić information content (AvgIpc) is 2.38. The SMILES string of the molecule is CCC(c1ccc(O)cc1)N(CCN(C)C)CC(C)C. The summed E-state index contributed by atoms with van der Waals surface area (Å²) in [4.78, 5) is 4.80. The van der Waals surface area contributed by atoms with E-state index in [1.165, 1.54) is 5.56 Å². The molecule has 1 aromatic carbocycles. The largest absolute Gasteiger partial charge is 0.508 e. The lowest BCUT2D eigenvalue weighted by atomic mass is 10.0. The Balaban J connectivity index is 2.85. The highest BCUT2D eigenvalue weighted by Crippen LogP contribution is 2.26. The van der Waals surface area contributed by atoms with Crippen LogP contribution in [0, 0.1) is 5.92 Å². The van der Waals surface area contributed by atoms with Crippen molar-refractivity contribution >= 4 is 0 Å². The molecule has 0 fully saturated rings. The van der Waals surface area contributed by atoms with Crippen LogP contribution in [0.5, 0.6) is 5.75 Å². The van der Waals surface area contributed by atoms with E-state index in [4.69, 9.17) is 0 Å². The van der Waals surface area contributed by atoms with Gasteiger partial charge in [-0.25, -0.2) is 0 Å². The lowest BCUT2D eigenvalue weighted by molar-refractivity contribution is 0.156. The Morgan fingerprint density at radius 1 is 1.05 bits per heavy atom. The molecular weight excluding hydrogens is 248 g/mol. The van der Waals surface area contributed by atoms with E-state index < -0.39 is 0 Å². The molecule has 114 valence electrons. The van der Waals surface area contributed by atoms with Gasteiger partial charge in [0.25, 0.3) is 0 Å². The van der Waals surface area contributed by atoms with Gasteiger partial charge in [0, 0.05) is 25.7 Å². The molecule has 0 aliphatic carbocycles. The van der Waals surface area contributed by atoms with Crippen molar-refractivity contribution in [3.8, 4) is 5.75 Å². The molecule has 20 heavy (non-hydrogen) atoms. The second-order valence-corrected chi connectivity index (χ2v) is 6.21. The zero-order chi connectivity index (χ0) is 15.1. The fourth-order valence-electron chi connectivity index (χ4n) is 2.57. The molecule has 0 bridgehead atoms. The lowest BCUT2D eigenvalue weighted by Crippen LogP contribution is -2.37. The summed E-state index contributed by atoms with van der Waals surface area (Å²) in [6, 6.07) is 8.10. The third-order valence-electron chi connectivity index (χ3n) is 3.54. The average molecular weight is 278 g/mol. The third-order valence-corrected chi connectivity index (χ3v) is 3.54. The van der Waals surface area contributed by atoms with Gasteiger partial charge in [0.05, 0.1) is 0 Å². The van der Waals surface area contributed by atoms with Gasteiger partial charge in [-0.2, -0.15) is 0 Å². The Kier molecular flexibility index (Phi) is 7.03. The zero-order valence-corrected chi connectivity index (χ0v) is 13.6. The normalized spacial score (nSPS) is 13.4. The Labute approximate surface area is 124 Å². The van der Waals surface area contributed by atoms with Crippen LogP contribution in [0.1, 0.15) is 38.8 Å². The zero-order valence-electron chi connectivity index (χ0n) is 13.6. The summed E-state index contributed by atoms with van der Waals surface area (Å²) in [5.74, 6) is 0.996. The molecule has 3 nitrogen and oxygen atoms in total. The minimum Gasteiger partial charge on any atom is -0.508 e. The van der Waals surface area contributed by atoms with Gasteiger partial charge >= 0.3 is 0 Å². The summed E-state index contributed by atoms with van der Waals surface area (Å²) in [5, 5.41) is 9.45. The van der Waals surface area contributed by atoms with E-state index in [1.54, 1.807) is 12.1 Å². The molecule has 0 aliphatic rings. The number of benzene rings is 1. The van der Waals surface area contributed by atoms with E-state index in [0.717, 1.165) is 26.1 Å². The monoisotopic (exact) mass is 278 g/mol. The standard InChI is InChI=1S/C17H30N2O/c1-6-17(15-7-9-16(20)10-8-15)19(13-14(2)3)12-11-18(4)5/h7-10,14,17,20H,6,11-13H2,1-5H3. The van der Waals surface area contributed by atoms with Crippen LogP contribution < -0.4 is 0 Å². The number of phenolic OH excluding ortho intramolecular Hbond substituents is 1. The Bertz CT molecular complexity index is 373. The second kappa shape index (κ2) is 8.28. The van der Waals surface area contributed by atoms with Gasteiger partial charge in [0.2, 0.25) is 0 Å². The number of nitrogens with zero attached hydrogens (tertiary/aromatic N) is 2. The smallest absolute Gasteiger partial charge is 0.115 e. The number of rotatable bonds is 8. The first-order valence-corrected chi connectivity index (χ1v) is 7.61. The fourth-order valence-corrected chi connectivity index (χ4v) is 2.57. The first kappa shape index (κ1) is 17.0. The molecule has 0 saturated heterocycles.